The molecule has 0 fully saturated rings. The van der Waals surface area contributed by atoms with Crippen LogP contribution in [-0.2, 0) is 9.59 Å². The van der Waals surface area contributed by atoms with Crippen LogP contribution in [0.4, 0.5) is 0 Å². The molecule has 4 heteroatoms. The fraction of sp³-hybridized carbons (Fsp3) is 0.0909. The van der Waals surface area contributed by atoms with Crippen molar-refractivity contribution in [3.8, 4) is 5.75 Å². The summed E-state index contributed by atoms with van der Waals surface area (Å²) in [5, 5.41) is 9.00. The smallest absolute Gasteiger partial charge is 0.225 e. The van der Waals surface area contributed by atoms with Gasteiger partial charge < -0.3 is 10.8 Å². The summed E-state index contributed by atoms with van der Waals surface area (Å²) >= 11 is 0. The molecule has 0 atom stereocenters. The highest BCUT2D eigenvalue weighted by atomic mass is 16.3. The van der Waals surface area contributed by atoms with Gasteiger partial charge in [0.1, 0.15) is 5.75 Å². The molecule has 0 aliphatic heterocycles. The van der Waals surface area contributed by atoms with E-state index in [1.54, 1.807) is 18.2 Å². The number of hydrogen-bond acceptors (Lipinski definition) is 3. The molecule has 3 N–H and O–H groups in total. The zero-order valence-corrected chi connectivity index (χ0v) is 8.01. The molecule has 15 heavy (non-hydrogen) atoms. The third-order valence-corrected chi connectivity index (χ3v) is 1.70. The maximum absolute atomic E-state index is 11.1. The average Bonchev–Trinajstić information content (AvgIpc) is 2.16. The van der Waals surface area contributed by atoms with Gasteiger partial charge >= 0.3 is 0 Å². The molecule has 0 unspecified atom stereocenters. The van der Waals surface area contributed by atoms with E-state index in [1.807, 2.05) is 0 Å². The number of benzene rings is 1. The number of ketones is 1. The first-order chi connectivity index (χ1) is 7.08. The van der Waals surface area contributed by atoms with Crippen molar-refractivity contribution in [1.82, 2.24) is 0 Å². The minimum absolute atomic E-state index is 0.163. The number of phenolic OH excluding ortho intramolecular Hbond substituents is 1. The van der Waals surface area contributed by atoms with Gasteiger partial charge in [-0.2, -0.15) is 0 Å². The van der Waals surface area contributed by atoms with Crippen molar-refractivity contribution >= 4 is 17.8 Å². The summed E-state index contributed by atoms with van der Waals surface area (Å²) in [6.07, 6.45) is 2.57. The molecule has 0 saturated carbocycles. The van der Waals surface area contributed by atoms with Gasteiger partial charge in [-0.3, -0.25) is 9.59 Å². The fourth-order valence-corrected chi connectivity index (χ4v) is 1.01. The van der Waals surface area contributed by atoms with Crippen LogP contribution >= 0.6 is 0 Å². The molecule has 0 radical (unpaired) electrons. The van der Waals surface area contributed by atoms with Crippen molar-refractivity contribution in [1.29, 1.82) is 0 Å². The lowest BCUT2D eigenvalue weighted by Gasteiger charge is -1.93. The van der Waals surface area contributed by atoms with Crippen LogP contribution in [0.3, 0.4) is 0 Å². The summed E-state index contributed by atoms with van der Waals surface area (Å²) in [7, 11) is 0. The molecule has 0 aliphatic carbocycles. The molecule has 0 saturated heterocycles. The molecule has 4 nitrogen and oxygen atoms in total. The number of nitrogens with two attached hydrogens (primary N) is 1. The van der Waals surface area contributed by atoms with E-state index in [4.69, 9.17) is 10.8 Å². The van der Waals surface area contributed by atoms with Gasteiger partial charge in [-0.15, -0.1) is 0 Å². The first-order valence-electron chi connectivity index (χ1n) is 4.36. The molecule has 0 aromatic heterocycles. The second-order valence-corrected chi connectivity index (χ2v) is 3.03. The van der Waals surface area contributed by atoms with E-state index in [0.717, 1.165) is 5.56 Å². The third kappa shape index (κ3) is 4.08. The lowest BCUT2D eigenvalue weighted by Crippen LogP contribution is -2.14. The minimum Gasteiger partial charge on any atom is -0.508 e. The number of primary amides is 1. The zero-order chi connectivity index (χ0) is 11.3. The predicted molar refractivity (Wildman–Crippen MR) is 56.0 cm³/mol. The van der Waals surface area contributed by atoms with Crippen LogP contribution in [-0.4, -0.2) is 16.8 Å². The van der Waals surface area contributed by atoms with E-state index in [2.05, 4.69) is 0 Å². The second-order valence-electron chi connectivity index (χ2n) is 3.03. The van der Waals surface area contributed by atoms with Gasteiger partial charge in [0.15, 0.2) is 5.78 Å². The van der Waals surface area contributed by atoms with E-state index >= 15 is 0 Å². The van der Waals surface area contributed by atoms with E-state index in [0.29, 0.717) is 0 Å². The van der Waals surface area contributed by atoms with Crippen LogP contribution in [0.1, 0.15) is 12.0 Å². The van der Waals surface area contributed by atoms with Crippen LogP contribution < -0.4 is 5.73 Å². The molecular weight excluding hydrogens is 194 g/mol. The van der Waals surface area contributed by atoms with Crippen LogP contribution in [0.25, 0.3) is 6.08 Å². The van der Waals surface area contributed by atoms with Crippen LogP contribution in [0, 0.1) is 0 Å². The number of allylic oxidation sites excluding steroid dienone is 1. The summed E-state index contributed by atoms with van der Waals surface area (Å²) in [6.45, 7) is 0. The summed E-state index contributed by atoms with van der Waals surface area (Å²) in [5.74, 6) is -0.818. The minimum atomic E-state index is -0.643. The SMILES string of the molecule is NC(=O)CC(=O)C=Cc1ccc(O)cc1. The topological polar surface area (TPSA) is 80.4 Å². The van der Waals surface area contributed by atoms with Gasteiger partial charge in [0.2, 0.25) is 5.91 Å². The molecule has 0 aliphatic rings. The quantitative estimate of drug-likeness (QED) is 0.564. The Bertz CT molecular complexity index is 393. The standard InChI is InChI=1S/C11H11NO3/c12-11(15)7-10(14)6-3-8-1-4-9(13)5-2-8/h1-6,13H,7H2,(H2,12,15). The van der Waals surface area contributed by atoms with E-state index < -0.39 is 5.91 Å². The maximum atomic E-state index is 11.1. The Hall–Kier alpha value is -2.10. The normalized spacial score (nSPS) is 10.4. The maximum Gasteiger partial charge on any atom is 0.225 e. The molecule has 0 heterocycles. The highest BCUT2D eigenvalue weighted by Gasteiger charge is 2.00. The van der Waals surface area contributed by atoms with Crippen molar-refractivity contribution in [2.75, 3.05) is 0 Å². The van der Waals surface area contributed by atoms with Crippen molar-refractivity contribution in [2.45, 2.75) is 6.42 Å². The van der Waals surface area contributed by atoms with Crippen LogP contribution in [0.2, 0.25) is 0 Å². The Kier molecular flexibility index (Phi) is 3.62. The van der Waals surface area contributed by atoms with E-state index in [-0.39, 0.29) is 18.0 Å². The number of amides is 1. The Morgan fingerprint density at radius 2 is 1.87 bits per heavy atom. The molecule has 0 bridgehead atoms. The van der Waals surface area contributed by atoms with Gasteiger partial charge in [0.05, 0.1) is 6.42 Å². The van der Waals surface area contributed by atoms with Crippen molar-refractivity contribution < 1.29 is 14.7 Å². The molecular formula is C11H11NO3. The molecule has 0 spiro atoms. The van der Waals surface area contributed by atoms with E-state index in [1.165, 1.54) is 18.2 Å². The first kappa shape index (κ1) is 11.0. The monoisotopic (exact) mass is 205 g/mol. The largest absolute Gasteiger partial charge is 0.508 e. The molecule has 78 valence electrons. The van der Waals surface area contributed by atoms with Gasteiger partial charge in [0, 0.05) is 0 Å². The molecule has 1 rings (SSSR count). The summed E-state index contributed by atoms with van der Waals surface area (Å²) in [5.41, 5.74) is 5.62. The fourth-order valence-electron chi connectivity index (χ4n) is 1.01. The number of hydrogen-bond donors (Lipinski definition) is 2. The summed E-state index contributed by atoms with van der Waals surface area (Å²) in [4.78, 5) is 21.5. The van der Waals surface area contributed by atoms with Gasteiger partial charge in [-0.25, -0.2) is 0 Å². The highest BCUT2D eigenvalue weighted by Crippen LogP contribution is 2.10. The van der Waals surface area contributed by atoms with Gasteiger partial charge in [0.25, 0.3) is 0 Å². The van der Waals surface area contributed by atoms with Gasteiger partial charge in [-0.1, -0.05) is 18.2 Å². The second kappa shape index (κ2) is 4.95. The number of carbonyl (C=O) groups excluding carboxylic acids is 2. The third-order valence-electron chi connectivity index (χ3n) is 1.70. The lowest BCUT2D eigenvalue weighted by molar-refractivity contribution is -0.123. The van der Waals surface area contributed by atoms with Gasteiger partial charge in [-0.05, 0) is 23.8 Å². The number of aromatic hydroxyl groups is 1. The van der Waals surface area contributed by atoms with Crippen molar-refractivity contribution in [2.24, 2.45) is 5.73 Å². The predicted octanol–water partition coefficient (Wildman–Crippen LogP) is 0.850. The first-order valence-corrected chi connectivity index (χ1v) is 4.36. The molecule has 1 amide bonds. The highest BCUT2D eigenvalue weighted by molar-refractivity contribution is 6.04. The van der Waals surface area contributed by atoms with Crippen LogP contribution in [0.15, 0.2) is 30.3 Å². The molecule has 1 aromatic carbocycles. The zero-order valence-electron chi connectivity index (χ0n) is 8.01. The van der Waals surface area contributed by atoms with Crippen molar-refractivity contribution in [3.63, 3.8) is 0 Å². The Morgan fingerprint density at radius 3 is 2.40 bits per heavy atom. The van der Waals surface area contributed by atoms with Crippen LogP contribution in [0.5, 0.6) is 5.75 Å². The average molecular weight is 205 g/mol. The Morgan fingerprint density at radius 1 is 1.27 bits per heavy atom. The number of rotatable bonds is 4. The summed E-state index contributed by atoms with van der Waals surface area (Å²) < 4.78 is 0. The molecule has 1 aromatic rings. The van der Waals surface area contributed by atoms with E-state index in [9.17, 15) is 9.59 Å². The van der Waals surface area contributed by atoms with Crippen molar-refractivity contribution in [3.05, 3.63) is 35.9 Å². The number of phenols is 1. The summed E-state index contributed by atoms with van der Waals surface area (Å²) in [6, 6.07) is 6.34. The number of carbonyl (C=O) groups is 2. The Labute approximate surface area is 87.0 Å². The lowest BCUT2D eigenvalue weighted by atomic mass is 10.1. The Balaban J connectivity index is 2.61.